The molecule has 0 spiro atoms. The topological polar surface area (TPSA) is 182 Å². The minimum Gasteiger partial charge on any atom is -0.493 e. The first-order chi connectivity index (χ1) is 22.2. The molecule has 3 heterocycles. The van der Waals surface area contributed by atoms with E-state index < -0.39 is 13.6 Å². The summed E-state index contributed by atoms with van der Waals surface area (Å²) in [5, 5.41) is 10.7. The normalized spacial score (nSPS) is 15.2. The van der Waals surface area contributed by atoms with Crippen molar-refractivity contribution in [1.29, 1.82) is 0 Å². The molecule has 0 aliphatic carbocycles. The largest absolute Gasteiger partial charge is 0.493 e. The maximum Gasteiger partial charge on any atom is 0.469 e. The fraction of sp³-hybridized carbons (Fsp3) is 0.379. The number of carbonyl (C=O) groups excluding carboxylic acids is 1. The highest BCUT2D eigenvalue weighted by molar-refractivity contribution is 7.46. The molecule has 17 heteroatoms. The monoisotopic (exact) mass is 659 g/mol. The number of hydrogen-bond donors (Lipinski definition) is 4. The molecule has 0 saturated carbocycles. The maximum atomic E-state index is 13.4. The van der Waals surface area contributed by atoms with Crippen LogP contribution < -0.4 is 20.1 Å². The molecule has 1 aliphatic heterocycles. The summed E-state index contributed by atoms with van der Waals surface area (Å²) in [6.45, 7) is 1.28. The zero-order valence-corrected chi connectivity index (χ0v) is 25.9. The van der Waals surface area contributed by atoms with Gasteiger partial charge >= 0.3 is 7.82 Å². The van der Waals surface area contributed by atoms with Gasteiger partial charge in [-0.1, -0.05) is 6.07 Å². The molecule has 15 nitrogen and oxygen atoms in total. The summed E-state index contributed by atoms with van der Waals surface area (Å²) in [4.78, 5) is 41.2. The van der Waals surface area contributed by atoms with Crippen molar-refractivity contribution in [2.45, 2.75) is 32.0 Å². The van der Waals surface area contributed by atoms with Crippen LogP contribution in [-0.4, -0.2) is 86.6 Å². The summed E-state index contributed by atoms with van der Waals surface area (Å²) >= 11 is 0. The van der Waals surface area contributed by atoms with Crippen molar-refractivity contribution in [1.82, 2.24) is 24.6 Å². The first kappa shape index (κ1) is 33.2. The van der Waals surface area contributed by atoms with Crippen LogP contribution in [0.4, 0.5) is 21.6 Å². The second-order valence-corrected chi connectivity index (χ2v) is 11.6. The molecule has 4 N–H and O–H groups in total. The molecule has 0 radical (unpaired) electrons. The first-order valence-electron chi connectivity index (χ1n) is 14.5. The zero-order valence-electron chi connectivity index (χ0n) is 25.0. The van der Waals surface area contributed by atoms with Crippen LogP contribution in [0, 0.1) is 5.82 Å². The Balaban J connectivity index is 1.23. The molecule has 2 aromatic heterocycles. The van der Waals surface area contributed by atoms with E-state index in [0.29, 0.717) is 52.7 Å². The minimum atomic E-state index is -4.58. The molecule has 1 amide bonds. The van der Waals surface area contributed by atoms with Crippen molar-refractivity contribution < 1.29 is 42.3 Å². The van der Waals surface area contributed by atoms with Crippen LogP contribution in [-0.2, 0) is 25.2 Å². The standard InChI is InChI=1S/C29H35FN7O8P/c1-42-25-14-23-24(15-26(25)43-11-8-36(9-12-45-46(39,40)41)28-7-2-3-10-44-28)31-19-32-29(23)35-22-16-33-37(17-22)18-27(38)34-21-6-4-5-20(30)13-21/h4-6,13-17,19,28H,2-3,7-12,18H2,1H3,(H,34,38)(H,31,32,35)(H2,39,40,41). The smallest absolute Gasteiger partial charge is 0.469 e. The van der Waals surface area contributed by atoms with E-state index in [-0.39, 0.29) is 38.4 Å². The number of aromatic nitrogens is 4. The highest BCUT2D eigenvalue weighted by atomic mass is 31.2. The van der Waals surface area contributed by atoms with E-state index in [0.717, 1.165) is 19.3 Å². The van der Waals surface area contributed by atoms with Crippen molar-refractivity contribution in [3.8, 4) is 11.5 Å². The number of methoxy groups -OCH3 is 1. The van der Waals surface area contributed by atoms with E-state index in [4.69, 9.17) is 24.0 Å². The van der Waals surface area contributed by atoms with Crippen molar-refractivity contribution in [2.24, 2.45) is 0 Å². The quantitative estimate of drug-likeness (QED) is 0.136. The van der Waals surface area contributed by atoms with Gasteiger partial charge in [-0.25, -0.2) is 18.9 Å². The number of fused-ring (bicyclic) bond motifs is 1. The molecule has 2 aromatic carbocycles. The Kier molecular flexibility index (Phi) is 11.1. The van der Waals surface area contributed by atoms with Gasteiger partial charge in [0.1, 0.15) is 37.3 Å². The Morgan fingerprint density at radius 1 is 1.15 bits per heavy atom. The number of rotatable bonds is 15. The lowest BCUT2D eigenvalue weighted by molar-refractivity contribution is -0.116. The van der Waals surface area contributed by atoms with E-state index >= 15 is 0 Å². The number of carbonyl (C=O) groups is 1. The number of ether oxygens (including phenoxy) is 3. The van der Waals surface area contributed by atoms with Gasteiger partial charge < -0.3 is 34.6 Å². The molecular weight excluding hydrogens is 624 g/mol. The van der Waals surface area contributed by atoms with Crippen LogP contribution in [0.5, 0.6) is 11.5 Å². The average Bonchev–Trinajstić information content (AvgIpc) is 3.46. The molecule has 1 fully saturated rings. The molecule has 1 aliphatic rings. The second-order valence-electron chi connectivity index (χ2n) is 10.4. The number of phosphoric acid groups is 1. The Hall–Kier alpha value is -4.18. The third-order valence-corrected chi connectivity index (χ3v) is 7.59. The average molecular weight is 660 g/mol. The molecule has 46 heavy (non-hydrogen) atoms. The lowest BCUT2D eigenvalue weighted by Gasteiger charge is -2.34. The number of amides is 1. The van der Waals surface area contributed by atoms with E-state index in [9.17, 15) is 13.8 Å². The molecule has 1 atom stereocenters. The van der Waals surface area contributed by atoms with Crippen LogP contribution in [0.1, 0.15) is 19.3 Å². The van der Waals surface area contributed by atoms with Crippen LogP contribution in [0.25, 0.3) is 10.9 Å². The molecule has 1 unspecified atom stereocenters. The summed E-state index contributed by atoms with van der Waals surface area (Å²) in [6, 6.07) is 9.12. The zero-order chi connectivity index (χ0) is 32.5. The van der Waals surface area contributed by atoms with Crippen molar-refractivity contribution in [2.75, 3.05) is 50.7 Å². The number of halogens is 1. The molecule has 5 rings (SSSR count). The highest BCUT2D eigenvalue weighted by Crippen LogP contribution is 2.36. The first-order valence-corrected chi connectivity index (χ1v) is 16.1. The van der Waals surface area contributed by atoms with Crippen LogP contribution in [0.2, 0.25) is 0 Å². The van der Waals surface area contributed by atoms with Crippen molar-refractivity contribution in [3.05, 3.63) is 60.9 Å². The summed E-state index contributed by atoms with van der Waals surface area (Å²) in [5.74, 6) is 0.558. The van der Waals surface area contributed by atoms with Crippen molar-refractivity contribution >= 4 is 41.8 Å². The molecule has 0 bridgehead atoms. The number of nitrogens with one attached hydrogen (secondary N) is 2. The summed E-state index contributed by atoms with van der Waals surface area (Å²) < 4.78 is 48.2. The molecule has 4 aromatic rings. The van der Waals surface area contributed by atoms with Gasteiger partial charge in [0.2, 0.25) is 5.91 Å². The Bertz CT molecular complexity index is 1680. The van der Waals surface area contributed by atoms with Gasteiger partial charge in [0, 0.05) is 43.0 Å². The number of phosphoric ester groups is 1. The van der Waals surface area contributed by atoms with Gasteiger partial charge in [-0.15, -0.1) is 0 Å². The van der Waals surface area contributed by atoms with Crippen LogP contribution in [0.15, 0.2) is 55.1 Å². The second kappa shape index (κ2) is 15.4. The van der Waals surface area contributed by atoms with E-state index in [1.54, 1.807) is 30.6 Å². The lowest BCUT2D eigenvalue weighted by atomic mass is 10.1. The predicted molar refractivity (Wildman–Crippen MR) is 165 cm³/mol. The van der Waals surface area contributed by atoms with E-state index in [1.807, 2.05) is 4.90 Å². The number of nitrogens with zero attached hydrogens (tertiary/aromatic N) is 5. The fourth-order valence-electron chi connectivity index (χ4n) is 4.96. The Labute approximate surface area is 263 Å². The number of benzene rings is 2. The maximum absolute atomic E-state index is 13.4. The minimum absolute atomic E-state index is 0.0851. The van der Waals surface area contributed by atoms with Crippen LogP contribution in [0.3, 0.4) is 0 Å². The SMILES string of the molecule is COc1cc2c(Nc3cnn(CC(=O)Nc4cccc(F)c4)c3)ncnc2cc1OCCN(CCOP(=O)(O)O)C1CCCCO1. The Morgan fingerprint density at radius 2 is 2.00 bits per heavy atom. The summed E-state index contributed by atoms with van der Waals surface area (Å²) in [5.41, 5.74) is 1.51. The van der Waals surface area contributed by atoms with Gasteiger partial charge in [0.15, 0.2) is 11.5 Å². The van der Waals surface area contributed by atoms with Crippen molar-refractivity contribution in [3.63, 3.8) is 0 Å². The van der Waals surface area contributed by atoms with E-state index in [1.165, 1.54) is 36.3 Å². The van der Waals surface area contributed by atoms with Gasteiger partial charge in [-0.2, -0.15) is 5.10 Å². The summed E-state index contributed by atoms with van der Waals surface area (Å²) in [6.07, 6.45) is 7.13. The predicted octanol–water partition coefficient (Wildman–Crippen LogP) is 3.67. The fourth-order valence-corrected chi connectivity index (χ4v) is 5.28. The third-order valence-electron chi connectivity index (χ3n) is 7.07. The number of anilines is 3. The lowest BCUT2D eigenvalue weighted by Crippen LogP contribution is -2.43. The number of hydrogen-bond acceptors (Lipinski definition) is 11. The Morgan fingerprint density at radius 3 is 2.76 bits per heavy atom. The van der Waals surface area contributed by atoms with Gasteiger partial charge in [-0.05, 0) is 43.5 Å². The highest BCUT2D eigenvalue weighted by Gasteiger charge is 2.23. The van der Waals surface area contributed by atoms with Gasteiger partial charge in [-0.3, -0.25) is 18.9 Å². The van der Waals surface area contributed by atoms with Crippen LogP contribution >= 0.6 is 7.82 Å². The molecular formula is C29H35FN7O8P. The molecule has 246 valence electrons. The van der Waals surface area contributed by atoms with Gasteiger partial charge in [0.05, 0.1) is 31.1 Å². The molecule has 1 saturated heterocycles. The van der Waals surface area contributed by atoms with Gasteiger partial charge in [0.25, 0.3) is 0 Å². The van der Waals surface area contributed by atoms with E-state index in [2.05, 4.69) is 30.2 Å². The third kappa shape index (κ3) is 9.42. The summed E-state index contributed by atoms with van der Waals surface area (Å²) in [7, 11) is -3.06.